The van der Waals surface area contributed by atoms with Crippen LogP contribution in [0.5, 0.6) is 0 Å². The van der Waals surface area contributed by atoms with Gasteiger partial charge in [-0.25, -0.2) is 0 Å². The van der Waals surface area contributed by atoms with E-state index in [2.05, 4.69) is 11.0 Å². The molecule has 1 saturated heterocycles. The van der Waals surface area contributed by atoms with E-state index in [0.29, 0.717) is 13.0 Å². The molecule has 0 amide bonds. The van der Waals surface area contributed by atoms with Crippen molar-refractivity contribution < 1.29 is 9.53 Å². The van der Waals surface area contributed by atoms with Gasteiger partial charge in [0.15, 0.2) is 5.78 Å². The number of hydrogen-bond acceptors (Lipinski definition) is 3. The normalized spacial score (nSPS) is 23.3. The van der Waals surface area contributed by atoms with E-state index in [1.807, 2.05) is 42.5 Å². The molecule has 0 radical (unpaired) electrons. The molecule has 23 heavy (non-hydrogen) atoms. The number of hydrogen-bond donors (Lipinski definition) is 0. The second-order valence-electron chi connectivity index (χ2n) is 6.13. The number of carbonyl (C=O) groups excluding carboxylic acids is 1. The molecule has 0 saturated carbocycles. The van der Waals surface area contributed by atoms with Gasteiger partial charge in [0.05, 0.1) is 6.61 Å². The van der Waals surface area contributed by atoms with Crippen molar-refractivity contribution in [3.63, 3.8) is 0 Å². The van der Waals surface area contributed by atoms with E-state index in [0.717, 1.165) is 29.1 Å². The summed E-state index contributed by atoms with van der Waals surface area (Å²) in [5, 5.41) is 0.757. The molecule has 0 spiro atoms. The van der Waals surface area contributed by atoms with E-state index >= 15 is 0 Å². The molecule has 118 valence electrons. The van der Waals surface area contributed by atoms with Crippen LogP contribution in [0.15, 0.2) is 48.5 Å². The van der Waals surface area contributed by atoms with E-state index in [-0.39, 0.29) is 18.1 Å². The van der Waals surface area contributed by atoms with Crippen molar-refractivity contribution in [2.45, 2.75) is 25.1 Å². The van der Waals surface area contributed by atoms with Gasteiger partial charge in [-0.05, 0) is 18.1 Å². The largest absolute Gasteiger partial charge is 0.357 e. The van der Waals surface area contributed by atoms with E-state index in [1.165, 1.54) is 5.56 Å². The molecule has 2 heterocycles. The van der Waals surface area contributed by atoms with Crippen LogP contribution in [0.3, 0.4) is 0 Å². The van der Waals surface area contributed by atoms with E-state index in [1.54, 1.807) is 0 Å². The van der Waals surface area contributed by atoms with Gasteiger partial charge in [0, 0.05) is 35.2 Å². The number of Topliss-reactive ketones (excluding diaryl/α,β-unsaturated/α-hetero) is 1. The van der Waals surface area contributed by atoms with Crippen LogP contribution >= 0.6 is 11.6 Å². The first-order valence-electron chi connectivity index (χ1n) is 7.97. The third kappa shape index (κ3) is 2.69. The van der Waals surface area contributed by atoms with Crippen LogP contribution in [0, 0.1) is 0 Å². The minimum absolute atomic E-state index is 0.110. The summed E-state index contributed by atoms with van der Waals surface area (Å²) in [4.78, 5) is 14.8. The Bertz CT molecular complexity index is 731. The number of ether oxygens (including phenoxy) is 1. The number of halogens is 1. The lowest BCUT2D eigenvalue weighted by Crippen LogP contribution is -2.39. The van der Waals surface area contributed by atoms with Crippen molar-refractivity contribution in [1.29, 1.82) is 0 Å². The Morgan fingerprint density at radius 1 is 1.17 bits per heavy atom. The van der Waals surface area contributed by atoms with Crippen molar-refractivity contribution >= 4 is 17.4 Å². The first-order chi connectivity index (χ1) is 11.2. The van der Waals surface area contributed by atoms with Gasteiger partial charge in [0.2, 0.25) is 0 Å². The Morgan fingerprint density at radius 2 is 2.00 bits per heavy atom. The molecule has 2 atom stereocenters. The van der Waals surface area contributed by atoms with Gasteiger partial charge in [-0.3, -0.25) is 9.69 Å². The number of nitrogens with zero attached hydrogens (tertiary/aromatic N) is 1. The van der Waals surface area contributed by atoms with Crippen LogP contribution in [-0.2, 0) is 11.2 Å². The quantitative estimate of drug-likeness (QED) is 0.801. The first kappa shape index (κ1) is 14.9. The molecule has 0 N–H and O–H groups in total. The van der Waals surface area contributed by atoms with E-state index < -0.39 is 0 Å². The maximum atomic E-state index is 12.5. The predicted molar refractivity (Wildman–Crippen MR) is 89.7 cm³/mol. The van der Waals surface area contributed by atoms with Crippen LogP contribution in [0.1, 0.15) is 34.1 Å². The molecule has 2 aromatic rings. The summed E-state index contributed by atoms with van der Waals surface area (Å²) in [6.45, 7) is 1.48. The van der Waals surface area contributed by atoms with Gasteiger partial charge in [-0.15, -0.1) is 0 Å². The highest BCUT2D eigenvalue weighted by Crippen LogP contribution is 2.41. The molecule has 3 nitrogen and oxygen atoms in total. The average molecular weight is 328 g/mol. The summed E-state index contributed by atoms with van der Waals surface area (Å²) in [7, 11) is 0. The van der Waals surface area contributed by atoms with Crippen molar-refractivity contribution in [2.75, 3.05) is 13.2 Å². The van der Waals surface area contributed by atoms with Gasteiger partial charge >= 0.3 is 0 Å². The van der Waals surface area contributed by atoms with Crippen molar-refractivity contribution in [1.82, 2.24) is 4.90 Å². The summed E-state index contributed by atoms with van der Waals surface area (Å²) in [6.07, 6.45) is 1.33. The molecular formula is C19H18ClNO2. The Hall–Kier alpha value is -1.68. The standard InChI is InChI=1S/C19H18ClNO2/c20-16-8-4-7-14-9-10-21-15(12-23-19(21)18(14)16)11-17(22)13-5-2-1-3-6-13/h1-8,15,19H,9-12H2. The van der Waals surface area contributed by atoms with Gasteiger partial charge in [0.1, 0.15) is 6.23 Å². The average Bonchev–Trinajstić information content (AvgIpc) is 2.99. The third-order valence-corrected chi connectivity index (χ3v) is 5.09. The van der Waals surface area contributed by atoms with E-state index in [4.69, 9.17) is 16.3 Å². The van der Waals surface area contributed by atoms with Crippen LogP contribution in [0.25, 0.3) is 0 Å². The highest BCUT2D eigenvalue weighted by Gasteiger charge is 2.40. The lowest BCUT2D eigenvalue weighted by atomic mass is 9.96. The monoisotopic (exact) mass is 327 g/mol. The summed E-state index contributed by atoms with van der Waals surface area (Å²) in [5.41, 5.74) is 3.11. The van der Waals surface area contributed by atoms with Gasteiger partial charge in [0.25, 0.3) is 0 Å². The minimum atomic E-state index is -0.110. The molecule has 0 aromatic heterocycles. The number of rotatable bonds is 3. The smallest absolute Gasteiger partial charge is 0.164 e. The third-order valence-electron chi connectivity index (χ3n) is 4.76. The van der Waals surface area contributed by atoms with Gasteiger partial charge in [-0.1, -0.05) is 54.1 Å². The number of carbonyl (C=O) groups is 1. The second-order valence-corrected chi connectivity index (χ2v) is 6.54. The molecular weight excluding hydrogens is 310 g/mol. The highest BCUT2D eigenvalue weighted by atomic mass is 35.5. The lowest BCUT2D eigenvalue weighted by Gasteiger charge is -2.34. The Kier molecular flexibility index (Phi) is 3.93. The molecule has 1 fully saturated rings. The minimum Gasteiger partial charge on any atom is -0.357 e. The maximum Gasteiger partial charge on any atom is 0.164 e. The number of fused-ring (bicyclic) bond motifs is 3. The maximum absolute atomic E-state index is 12.5. The van der Waals surface area contributed by atoms with E-state index in [9.17, 15) is 4.79 Å². The van der Waals surface area contributed by atoms with Crippen molar-refractivity contribution in [3.05, 3.63) is 70.2 Å². The highest BCUT2D eigenvalue weighted by molar-refractivity contribution is 6.31. The zero-order valence-electron chi connectivity index (χ0n) is 12.7. The Morgan fingerprint density at radius 3 is 2.83 bits per heavy atom. The summed E-state index contributed by atoms with van der Waals surface area (Å²) in [6, 6.07) is 15.6. The number of ketones is 1. The summed E-state index contributed by atoms with van der Waals surface area (Å²) in [5.74, 6) is 0.171. The molecule has 2 aliphatic rings. The fourth-order valence-electron chi connectivity index (χ4n) is 3.59. The van der Waals surface area contributed by atoms with Gasteiger partial charge < -0.3 is 4.74 Å². The van der Waals surface area contributed by atoms with Gasteiger partial charge in [-0.2, -0.15) is 0 Å². The summed E-state index contributed by atoms with van der Waals surface area (Å²) < 4.78 is 6.00. The van der Waals surface area contributed by atoms with Crippen LogP contribution < -0.4 is 0 Å². The fourth-order valence-corrected chi connectivity index (χ4v) is 3.88. The second kappa shape index (κ2) is 6.08. The molecule has 2 aromatic carbocycles. The predicted octanol–water partition coefficient (Wildman–Crippen LogP) is 3.87. The molecule has 2 unspecified atom stereocenters. The topological polar surface area (TPSA) is 29.5 Å². The fraction of sp³-hybridized carbons (Fsp3) is 0.316. The lowest BCUT2D eigenvalue weighted by molar-refractivity contribution is 0.0216. The first-order valence-corrected chi connectivity index (χ1v) is 8.35. The summed E-state index contributed by atoms with van der Waals surface area (Å²) >= 11 is 6.38. The molecule has 0 bridgehead atoms. The van der Waals surface area contributed by atoms with Crippen molar-refractivity contribution in [3.8, 4) is 0 Å². The zero-order chi connectivity index (χ0) is 15.8. The van der Waals surface area contributed by atoms with Crippen LogP contribution in [0.2, 0.25) is 5.02 Å². The van der Waals surface area contributed by atoms with Crippen LogP contribution in [-0.4, -0.2) is 29.9 Å². The molecule has 4 rings (SSSR count). The zero-order valence-corrected chi connectivity index (χ0v) is 13.5. The molecule has 2 aliphatic heterocycles. The Labute approximate surface area is 140 Å². The van der Waals surface area contributed by atoms with Crippen molar-refractivity contribution in [2.24, 2.45) is 0 Å². The molecule has 0 aliphatic carbocycles. The number of benzene rings is 2. The Balaban J connectivity index is 1.54. The molecule has 4 heteroatoms. The SMILES string of the molecule is O=C(CC1COC2c3c(Cl)cccc3CCN12)c1ccccc1. The van der Waals surface area contributed by atoms with Crippen LogP contribution in [0.4, 0.5) is 0 Å².